The Labute approximate surface area is 110 Å². The molecular weight excluding hydrogens is 246 g/mol. The van der Waals surface area contributed by atoms with Gasteiger partial charge in [-0.15, -0.1) is 0 Å². The zero-order valence-electron chi connectivity index (χ0n) is 10.3. The number of non-ortho nitro benzene ring substituents is 1. The lowest BCUT2D eigenvalue weighted by Gasteiger charge is -2.06. The SMILES string of the molecule is COc1ccc(COc2[c]c([N+](=O)[O-])ccc2)cc1. The molecule has 2 aromatic carbocycles. The molecule has 1 radical (unpaired) electrons. The molecule has 19 heavy (non-hydrogen) atoms. The molecule has 0 aliphatic carbocycles. The third-order valence-electron chi connectivity index (χ3n) is 2.50. The Morgan fingerprint density at radius 3 is 2.58 bits per heavy atom. The molecule has 5 nitrogen and oxygen atoms in total. The minimum absolute atomic E-state index is 0.104. The normalized spacial score (nSPS) is 9.95. The molecule has 0 aromatic heterocycles. The van der Waals surface area contributed by atoms with Crippen LogP contribution in [0.1, 0.15) is 5.56 Å². The van der Waals surface area contributed by atoms with E-state index in [9.17, 15) is 10.1 Å². The molecule has 0 amide bonds. The summed E-state index contributed by atoms with van der Waals surface area (Å²) in [5, 5.41) is 10.6. The van der Waals surface area contributed by atoms with Crippen LogP contribution in [0, 0.1) is 16.2 Å². The van der Waals surface area contributed by atoms with Gasteiger partial charge in [-0.3, -0.25) is 10.1 Å². The van der Waals surface area contributed by atoms with Crippen LogP contribution in [0.3, 0.4) is 0 Å². The summed E-state index contributed by atoms with van der Waals surface area (Å²) in [6, 6.07) is 14.6. The van der Waals surface area contributed by atoms with Crippen LogP contribution in [0.2, 0.25) is 0 Å². The molecule has 0 heterocycles. The number of rotatable bonds is 5. The maximum atomic E-state index is 10.6. The average molecular weight is 258 g/mol. The molecule has 0 aliphatic rings. The van der Waals surface area contributed by atoms with Crippen molar-refractivity contribution in [2.75, 3.05) is 7.11 Å². The third-order valence-corrected chi connectivity index (χ3v) is 2.50. The van der Waals surface area contributed by atoms with Gasteiger partial charge >= 0.3 is 0 Å². The lowest BCUT2D eigenvalue weighted by atomic mass is 10.2. The molecule has 2 aromatic rings. The summed E-state index contributed by atoms with van der Waals surface area (Å²) >= 11 is 0. The van der Waals surface area contributed by atoms with E-state index in [-0.39, 0.29) is 5.69 Å². The first kappa shape index (κ1) is 12.9. The van der Waals surface area contributed by atoms with Crippen molar-refractivity contribution in [1.82, 2.24) is 0 Å². The van der Waals surface area contributed by atoms with Crippen molar-refractivity contribution in [2.24, 2.45) is 0 Å². The highest BCUT2D eigenvalue weighted by molar-refractivity contribution is 5.36. The third kappa shape index (κ3) is 3.45. The van der Waals surface area contributed by atoms with Gasteiger partial charge in [-0.2, -0.15) is 0 Å². The second-order valence-electron chi connectivity index (χ2n) is 3.79. The fourth-order valence-electron chi connectivity index (χ4n) is 1.51. The van der Waals surface area contributed by atoms with Crippen LogP contribution in [0.25, 0.3) is 0 Å². The molecule has 0 atom stereocenters. The van der Waals surface area contributed by atoms with Crippen molar-refractivity contribution >= 4 is 5.69 Å². The number of hydrogen-bond acceptors (Lipinski definition) is 4. The van der Waals surface area contributed by atoms with E-state index in [1.807, 2.05) is 24.3 Å². The van der Waals surface area contributed by atoms with E-state index >= 15 is 0 Å². The summed E-state index contributed by atoms with van der Waals surface area (Å²) in [7, 11) is 1.60. The van der Waals surface area contributed by atoms with Crippen LogP contribution in [0.5, 0.6) is 11.5 Å². The van der Waals surface area contributed by atoms with Gasteiger partial charge in [-0.05, 0) is 23.8 Å². The van der Waals surface area contributed by atoms with Gasteiger partial charge in [0.25, 0.3) is 5.69 Å². The summed E-state index contributed by atoms with van der Waals surface area (Å²) in [5.74, 6) is 1.12. The first-order chi connectivity index (χ1) is 9.19. The van der Waals surface area contributed by atoms with Gasteiger partial charge in [-0.25, -0.2) is 0 Å². The molecule has 5 heteroatoms. The van der Waals surface area contributed by atoms with Gasteiger partial charge in [0.05, 0.1) is 12.0 Å². The number of nitro groups is 1. The molecule has 0 saturated carbocycles. The summed E-state index contributed by atoms with van der Waals surface area (Å²) in [5.41, 5.74) is 0.841. The molecular formula is C14H12NO4. The first-order valence-corrected chi connectivity index (χ1v) is 5.61. The van der Waals surface area contributed by atoms with Crippen LogP contribution in [-0.4, -0.2) is 12.0 Å². The van der Waals surface area contributed by atoms with E-state index in [4.69, 9.17) is 9.47 Å². The Hall–Kier alpha value is -2.56. The van der Waals surface area contributed by atoms with E-state index in [0.29, 0.717) is 12.4 Å². The van der Waals surface area contributed by atoms with Crippen molar-refractivity contribution < 1.29 is 14.4 Å². The number of ether oxygens (including phenoxy) is 2. The van der Waals surface area contributed by atoms with Crippen molar-refractivity contribution in [2.45, 2.75) is 6.61 Å². The number of nitrogens with zero attached hydrogens (tertiary/aromatic N) is 1. The second-order valence-corrected chi connectivity index (χ2v) is 3.79. The summed E-state index contributed by atoms with van der Waals surface area (Å²) < 4.78 is 10.5. The lowest BCUT2D eigenvalue weighted by Crippen LogP contribution is -1.96. The van der Waals surface area contributed by atoms with Gasteiger partial charge in [0.15, 0.2) is 0 Å². The molecule has 0 aliphatic heterocycles. The fourth-order valence-corrected chi connectivity index (χ4v) is 1.51. The van der Waals surface area contributed by atoms with E-state index < -0.39 is 4.92 Å². The number of hydrogen-bond donors (Lipinski definition) is 0. The number of methoxy groups -OCH3 is 1. The molecule has 0 bridgehead atoms. The Kier molecular flexibility index (Phi) is 3.97. The molecule has 0 N–H and O–H groups in total. The average Bonchev–Trinajstić information content (AvgIpc) is 2.46. The summed E-state index contributed by atoms with van der Waals surface area (Å²) in [6.45, 7) is 0.321. The summed E-state index contributed by atoms with van der Waals surface area (Å²) in [6.07, 6.45) is 0. The van der Waals surface area contributed by atoms with Crippen LogP contribution in [-0.2, 0) is 6.61 Å². The number of nitro benzene ring substituents is 1. The summed E-state index contributed by atoms with van der Waals surface area (Å²) in [4.78, 5) is 10.1. The molecule has 0 spiro atoms. The van der Waals surface area contributed by atoms with Crippen molar-refractivity contribution in [1.29, 1.82) is 0 Å². The van der Waals surface area contributed by atoms with Crippen LogP contribution in [0.15, 0.2) is 42.5 Å². The standard InChI is InChI=1S/C14H12NO4/c1-18-13-7-5-11(6-8-13)10-19-14-4-2-3-12(9-14)15(16)17/h2-8H,10H2,1H3. The van der Waals surface area contributed by atoms with Gasteiger partial charge < -0.3 is 9.47 Å². The van der Waals surface area contributed by atoms with Crippen LogP contribution >= 0.6 is 0 Å². The molecule has 0 unspecified atom stereocenters. The fraction of sp³-hybridized carbons (Fsp3) is 0.143. The van der Waals surface area contributed by atoms with E-state index in [0.717, 1.165) is 11.3 Å². The Morgan fingerprint density at radius 1 is 1.21 bits per heavy atom. The highest BCUT2D eigenvalue weighted by atomic mass is 16.6. The largest absolute Gasteiger partial charge is 0.497 e. The van der Waals surface area contributed by atoms with E-state index in [2.05, 4.69) is 6.07 Å². The molecule has 2 rings (SSSR count). The second kappa shape index (κ2) is 5.86. The minimum Gasteiger partial charge on any atom is -0.497 e. The van der Waals surface area contributed by atoms with Gasteiger partial charge in [0.1, 0.15) is 24.2 Å². The molecule has 0 fully saturated rings. The van der Waals surface area contributed by atoms with Crippen molar-refractivity contribution in [3.05, 3.63) is 64.2 Å². The Bertz CT molecular complexity index is 566. The zero-order valence-corrected chi connectivity index (χ0v) is 10.3. The van der Waals surface area contributed by atoms with Gasteiger partial charge in [0.2, 0.25) is 0 Å². The predicted molar refractivity (Wildman–Crippen MR) is 69.3 cm³/mol. The first-order valence-electron chi connectivity index (χ1n) is 5.61. The van der Waals surface area contributed by atoms with E-state index in [1.165, 1.54) is 6.07 Å². The minimum atomic E-state index is -0.500. The van der Waals surface area contributed by atoms with Crippen molar-refractivity contribution in [3.8, 4) is 11.5 Å². The quantitative estimate of drug-likeness (QED) is 0.611. The lowest BCUT2D eigenvalue weighted by molar-refractivity contribution is -0.385. The monoisotopic (exact) mass is 258 g/mol. The van der Waals surface area contributed by atoms with Gasteiger partial charge in [0, 0.05) is 6.07 Å². The predicted octanol–water partition coefficient (Wildman–Crippen LogP) is 2.98. The Balaban J connectivity index is 2.01. The highest BCUT2D eigenvalue weighted by Gasteiger charge is 2.07. The zero-order chi connectivity index (χ0) is 13.7. The van der Waals surface area contributed by atoms with Crippen LogP contribution < -0.4 is 9.47 Å². The smallest absolute Gasteiger partial charge is 0.281 e. The topological polar surface area (TPSA) is 61.6 Å². The van der Waals surface area contributed by atoms with Crippen LogP contribution in [0.4, 0.5) is 5.69 Å². The van der Waals surface area contributed by atoms with Gasteiger partial charge in [-0.1, -0.05) is 18.2 Å². The highest BCUT2D eigenvalue weighted by Crippen LogP contribution is 2.19. The maximum Gasteiger partial charge on any atom is 0.281 e. The van der Waals surface area contributed by atoms with E-state index in [1.54, 1.807) is 19.2 Å². The maximum absolute atomic E-state index is 10.6. The molecule has 97 valence electrons. The molecule has 0 saturated heterocycles. The van der Waals surface area contributed by atoms with Crippen molar-refractivity contribution in [3.63, 3.8) is 0 Å². The number of benzene rings is 2. The Morgan fingerprint density at radius 2 is 1.95 bits per heavy atom.